The number of carbonyl (C=O) groups excluding carboxylic acids is 1. The van der Waals surface area contributed by atoms with Crippen LogP contribution in [0.5, 0.6) is 5.75 Å². The fourth-order valence-electron chi connectivity index (χ4n) is 3.52. The van der Waals surface area contributed by atoms with Crippen molar-refractivity contribution < 1.29 is 9.53 Å². The Hall–Kier alpha value is -2.88. The van der Waals surface area contributed by atoms with Gasteiger partial charge in [-0.25, -0.2) is 0 Å². The van der Waals surface area contributed by atoms with E-state index in [1.165, 1.54) is 11.1 Å². The predicted octanol–water partition coefficient (Wildman–Crippen LogP) is 3.71. The summed E-state index contributed by atoms with van der Waals surface area (Å²) in [5.74, 6) is 1.42. The lowest BCUT2D eigenvalue weighted by Gasteiger charge is -2.08. The maximum atomic E-state index is 12.4. The van der Waals surface area contributed by atoms with Crippen molar-refractivity contribution >= 4 is 16.8 Å². The number of ether oxygens (including phenoxy) is 1. The van der Waals surface area contributed by atoms with E-state index in [1.807, 2.05) is 30.5 Å². The van der Waals surface area contributed by atoms with Crippen molar-refractivity contribution in [3.05, 3.63) is 71.9 Å². The Kier molecular flexibility index (Phi) is 4.57. The number of nitrogens with one attached hydrogen (secondary N) is 1. The molecule has 3 aromatic rings. The van der Waals surface area contributed by atoms with Gasteiger partial charge in [0.15, 0.2) is 0 Å². The van der Waals surface area contributed by atoms with Crippen LogP contribution in [-0.2, 0) is 11.2 Å². The molecule has 1 aliphatic carbocycles. The van der Waals surface area contributed by atoms with E-state index >= 15 is 0 Å². The van der Waals surface area contributed by atoms with Crippen LogP contribution in [0.2, 0.25) is 0 Å². The van der Waals surface area contributed by atoms with E-state index in [2.05, 4.69) is 40.6 Å². The molecule has 26 heavy (non-hydrogen) atoms. The Labute approximate surface area is 153 Å². The molecule has 0 aliphatic heterocycles. The third kappa shape index (κ3) is 3.40. The van der Waals surface area contributed by atoms with E-state index in [9.17, 15) is 4.79 Å². The lowest BCUT2D eigenvalue weighted by Crippen LogP contribution is -2.27. The second-order valence-electron chi connectivity index (χ2n) is 6.76. The lowest BCUT2D eigenvalue weighted by atomic mass is 10.1. The Bertz CT molecular complexity index is 916. The first kappa shape index (κ1) is 16.6. The molecular weight excluding hydrogens is 324 g/mol. The fourth-order valence-corrected chi connectivity index (χ4v) is 3.52. The second kappa shape index (κ2) is 7.16. The van der Waals surface area contributed by atoms with E-state index < -0.39 is 0 Å². The quantitative estimate of drug-likeness (QED) is 0.740. The van der Waals surface area contributed by atoms with Crippen LogP contribution in [0.3, 0.4) is 0 Å². The third-order valence-corrected chi connectivity index (χ3v) is 5.08. The summed E-state index contributed by atoms with van der Waals surface area (Å²) in [4.78, 5) is 16.9. The minimum Gasteiger partial charge on any atom is -0.497 e. The van der Waals surface area contributed by atoms with E-state index in [4.69, 9.17) is 4.74 Å². The molecule has 1 aromatic heterocycles. The summed E-state index contributed by atoms with van der Waals surface area (Å²) in [6.07, 6.45) is 3.53. The summed E-state index contributed by atoms with van der Waals surface area (Å²) in [5.41, 5.74) is 3.40. The van der Waals surface area contributed by atoms with Gasteiger partial charge in [-0.15, -0.1) is 0 Å². The van der Waals surface area contributed by atoms with Gasteiger partial charge < -0.3 is 10.1 Å². The largest absolute Gasteiger partial charge is 0.497 e. The molecule has 0 radical (unpaired) electrons. The number of para-hydroxylation sites is 1. The zero-order valence-electron chi connectivity index (χ0n) is 14.8. The summed E-state index contributed by atoms with van der Waals surface area (Å²) in [5, 5.41) is 4.23. The highest BCUT2D eigenvalue weighted by Crippen LogP contribution is 2.47. The van der Waals surface area contributed by atoms with Crippen LogP contribution in [0.1, 0.15) is 23.5 Å². The Morgan fingerprint density at radius 3 is 2.77 bits per heavy atom. The number of methoxy groups -OCH3 is 1. The van der Waals surface area contributed by atoms with Crippen LogP contribution in [0.25, 0.3) is 10.9 Å². The second-order valence-corrected chi connectivity index (χ2v) is 6.76. The van der Waals surface area contributed by atoms with E-state index in [0.29, 0.717) is 12.5 Å². The standard InChI is InChI=1S/C22H22N2O2/c1-26-18-9-7-15(8-10-18)19-14-20(19)22(25)24-13-11-17-5-2-4-16-6-3-12-23-21(16)17/h2-10,12,19-20H,11,13-14H2,1H3,(H,24,25)/t19-,20+/m0/s1. The van der Waals surface area contributed by atoms with Gasteiger partial charge in [-0.1, -0.05) is 36.4 Å². The van der Waals surface area contributed by atoms with Gasteiger partial charge in [0.2, 0.25) is 5.91 Å². The molecule has 2 atom stereocenters. The molecule has 2 aromatic carbocycles. The Balaban J connectivity index is 1.32. The minimum atomic E-state index is 0.0917. The Morgan fingerprint density at radius 2 is 1.96 bits per heavy atom. The lowest BCUT2D eigenvalue weighted by molar-refractivity contribution is -0.122. The number of carbonyl (C=O) groups is 1. The van der Waals surface area contributed by atoms with Crippen LogP contribution in [-0.4, -0.2) is 24.5 Å². The zero-order chi connectivity index (χ0) is 17.9. The molecule has 0 saturated heterocycles. The number of nitrogens with zero attached hydrogens (tertiary/aromatic N) is 1. The molecule has 1 fully saturated rings. The summed E-state index contributed by atoms with van der Waals surface area (Å²) < 4.78 is 5.18. The van der Waals surface area contributed by atoms with Gasteiger partial charge in [-0.2, -0.15) is 0 Å². The molecule has 132 valence electrons. The fraction of sp³-hybridized carbons (Fsp3) is 0.273. The van der Waals surface area contributed by atoms with Crippen molar-refractivity contribution in [1.29, 1.82) is 0 Å². The molecule has 4 rings (SSSR count). The number of aromatic nitrogens is 1. The molecule has 1 aliphatic rings. The molecule has 1 heterocycles. The van der Waals surface area contributed by atoms with Crippen LogP contribution in [0.15, 0.2) is 60.8 Å². The average Bonchev–Trinajstić information content (AvgIpc) is 3.49. The monoisotopic (exact) mass is 346 g/mol. The topological polar surface area (TPSA) is 51.2 Å². The minimum absolute atomic E-state index is 0.0917. The van der Waals surface area contributed by atoms with Gasteiger partial charge >= 0.3 is 0 Å². The number of pyridine rings is 1. The summed E-state index contributed by atoms with van der Waals surface area (Å²) in [7, 11) is 1.66. The van der Waals surface area contributed by atoms with Gasteiger partial charge in [0, 0.05) is 24.0 Å². The molecule has 1 saturated carbocycles. The van der Waals surface area contributed by atoms with Crippen LogP contribution in [0, 0.1) is 5.92 Å². The highest BCUT2D eigenvalue weighted by atomic mass is 16.5. The van der Waals surface area contributed by atoms with E-state index in [-0.39, 0.29) is 11.8 Å². The van der Waals surface area contributed by atoms with Gasteiger partial charge in [-0.3, -0.25) is 9.78 Å². The summed E-state index contributed by atoms with van der Waals surface area (Å²) in [6.45, 7) is 0.639. The molecule has 0 bridgehead atoms. The molecule has 4 nitrogen and oxygen atoms in total. The highest BCUT2D eigenvalue weighted by Gasteiger charge is 2.43. The van der Waals surface area contributed by atoms with Crippen LogP contribution in [0.4, 0.5) is 0 Å². The molecule has 4 heteroatoms. The van der Waals surface area contributed by atoms with E-state index in [1.54, 1.807) is 7.11 Å². The number of hydrogen-bond acceptors (Lipinski definition) is 3. The van der Waals surface area contributed by atoms with Gasteiger partial charge in [0.1, 0.15) is 5.75 Å². The third-order valence-electron chi connectivity index (χ3n) is 5.08. The van der Waals surface area contributed by atoms with Crippen molar-refractivity contribution in [1.82, 2.24) is 10.3 Å². The molecule has 0 unspecified atom stereocenters. The summed E-state index contributed by atoms with van der Waals surface area (Å²) >= 11 is 0. The number of hydrogen-bond donors (Lipinski definition) is 1. The predicted molar refractivity (Wildman–Crippen MR) is 102 cm³/mol. The van der Waals surface area contributed by atoms with Crippen molar-refractivity contribution in [2.75, 3.05) is 13.7 Å². The number of benzene rings is 2. The van der Waals surface area contributed by atoms with Crippen molar-refractivity contribution in [3.8, 4) is 5.75 Å². The SMILES string of the molecule is COc1ccc([C@@H]2C[C@H]2C(=O)NCCc2cccc3cccnc23)cc1. The molecular formula is C22H22N2O2. The molecule has 1 amide bonds. The van der Waals surface area contributed by atoms with Gasteiger partial charge in [-0.05, 0) is 48.1 Å². The smallest absolute Gasteiger partial charge is 0.223 e. The first-order chi connectivity index (χ1) is 12.8. The van der Waals surface area contributed by atoms with Crippen molar-refractivity contribution in [2.24, 2.45) is 5.92 Å². The average molecular weight is 346 g/mol. The first-order valence-electron chi connectivity index (χ1n) is 9.00. The summed E-state index contributed by atoms with van der Waals surface area (Å²) in [6, 6.07) is 18.2. The number of fused-ring (bicyclic) bond motifs is 1. The van der Waals surface area contributed by atoms with Gasteiger partial charge in [0.25, 0.3) is 0 Å². The van der Waals surface area contributed by atoms with Crippen molar-refractivity contribution in [2.45, 2.75) is 18.8 Å². The normalized spacial score (nSPS) is 18.5. The molecule has 0 spiro atoms. The first-order valence-corrected chi connectivity index (χ1v) is 9.00. The number of amides is 1. The molecule has 1 N–H and O–H groups in total. The van der Waals surface area contributed by atoms with Crippen LogP contribution >= 0.6 is 0 Å². The van der Waals surface area contributed by atoms with Gasteiger partial charge in [0.05, 0.1) is 12.6 Å². The van der Waals surface area contributed by atoms with E-state index in [0.717, 1.165) is 29.5 Å². The maximum absolute atomic E-state index is 12.4. The van der Waals surface area contributed by atoms with Crippen molar-refractivity contribution in [3.63, 3.8) is 0 Å². The zero-order valence-corrected chi connectivity index (χ0v) is 14.8. The maximum Gasteiger partial charge on any atom is 0.223 e. The highest BCUT2D eigenvalue weighted by molar-refractivity contribution is 5.83. The number of rotatable bonds is 6. The van der Waals surface area contributed by atoms with Crippen LogP contribution < -0.4 is 10.1 Å². The Morgan fingerprint density at radius 1 is 1.15 bits per heavy atom.